The summed E-state index contributed by atoms with van der Waals surface area (Å²) >= 11 is 0. The number of rotatable bonds is 3. The van der Waals surface area contributed by atoms with Crippen LogP contribution >= 0.6 is 0 Å². The lowest BCUT2D eigenvalue weighted by molar-refractivity contribution is -0.142. The van der Waals surface area contributed by atoms with E-state index in [1.807, 2.05) is 0 Å². The molecule has 0 fully saturated rings. The molecule has 21 heavy (non-hydrogen) atoms. The summed E-state index contributed by atoms with van der Waals surface area (Å²) in [6.45, 7) is 5.15. The molecule has 0 heterocycles. The average molecular weight is 296 g/mol. The van der Waals surface area contributed by atoms with E-state index in [-0.39, 0.29) is 11.4 Å². The van der Waals surface area contributed by atoms with E-state index in [2.05, 4.69) is 10.1 Å². The van der Waals surface area contributed by atoms with E-state index in [0.717, 1.165) is 0 Å². The zero-order valence-corrected chi connectivity index (χ0v) is 12.5. The van der Waals surface area contributed by atoms with Crippen LogP contribution in [0, 0.1) is 0 Å². The Bertz CT molecular complexity index is 537. The molecule has 0 bridgehead atoms. The molecule has 1 amide bonds. The van der Waals surface area contributed by atoms with E-state index in [1.54, 1.807) is 20.8 Å². The van der Waals surface area contributed by atoms with Gasteiger partial charge in [-0.05, 0) is 38.5 Å². The first-order chi connectivity index (χ1) is 9.64. The van der Waals surface area contributed by atoms with Gasteiger partial charge in [0, 0.05) is 0 Å². The molecule has 7 heteroatoms. The molecule has 0 aromatic heterocycles. The smallest absolute Gasteiger partial charge is 0.412 e. The highest BCUT2D eigenvalue weighted by atomic mass is 16.6. The van der Waals surface area contributed by atoms with Gasteiger partial charge in [0.2, 0.25) is 0 Å². The predicted octanol–water partition coefficient (Wildman–Crippen LogP) is 1.91. The molecule has 1 atom stereocenters. The van der Waals surface area contributed by atoms with Gasteiger partial charge in [-0.3, -0.25) is 10.1 Å². The van der Waals surface area contributed by atoms with Crippen LogP contribution in [0.25, 0.3) is 0 Å². The molecule has 4 N–H and O–H groups in total. The van der Waals surface area contributed by atoms with E-state index in [9.17, 15) is 14.7 Å². The molecule has 1 aromatic rings. The van der Waals surface area contributed by atoms with Gasteiger partial charge in [0.25, 0.3) is 0 Å². The largest absolute Gasteiger partial charge is 0.506 e. The summed E-state index contributed by atoms with van der Waals surface area (Å²) in [5.74, 6) is -0.786. The van der Waals surface area contributed by atoms with Gasteiger partial charge in [0.05, 0.1) is 12.8 Å². The third-order valence-electron chi connectivity index (χ3n) is 2.47. The van der Waals surface area contributed by atoms with Crippen molar-refractivity contribution in [2.75, 3.05) is 12.4 Å². The molecular weight excluding hydrogens is 276 g/mol. The molecule has 0 spiro atoms. The highest BCUT2D eigenvalue weighted by Gasteiger charge is 2.20. The number of ether oxygens (including phenoxy) is 2. The topological polar surface area (TPSA) is 111 Å². The second kappa shape index (κ2) is 6.45. The molecule has 0 saturated carbocycles. The number of amides is 1. The molecule has 7 nitrogen and oxygen atoms in total. The van der Waals surface area contributed by atoms with Crippen LogP contribution in [0.4, 0.5) is 10.5 Å². The molecule has 0 saturated heterocycles. The summed E-state index contributed by atoms with van der Waals surface area (Å²) in [6, 6.07) is 3.18. The first-order valence-electron chi connectivity index (χ1n) is 6.30. The number of phenols is 1. The Morgan fingerprint density at radius 2 is 1.95 bits per heavy atom. The second-order valence-corrected chi connectivity index (χ2v) is 5.40. The number of carbonyl (C=O) groups is 2. The van der Waals surface area contributed by atoms with E-state index in [4.69, 9.17) is 10.5 Å². The Morgan fingerprint density at radius 1 is 1.33 bits per heavy atom. The van der Waals surface area contributed by atoms with E-state index < -0.39 is 23.7 Å². The van der Waals surface area contributed by atoms with Gasteiger partial charge >= 0.3 is 12.1 Å². The van der Waals surface area contributed by atoms with Crippen LogP contribution in [-0.4, -0.2) is 29.9 Å². The number of hydrogen-bond donors (Lipinski definition) is 3. The number of aromatic hydroxyl groups is 1. The number of phenolic OH excluding ortho intramolecular Hbond substituents is 1. The monoisotopic (exact) mass is 296 g/mol. The van der Waals surface area contributed by atoms with Crippen molar-refractivity contribution in [2.45, 2.75) is 32.4 Å². The minimum Gasteiger partial charge on any atom is -0.506 e. The maximum Gasteiger partial charge on any atom is 0.412 e. The minimum atomic E-state index is -1.00. The number of esters is 1. The van der Waals surface area contributed by atoms with E-state index >= 15 is 0 Å². The lowest BCUT2D eigenvalue weighted by Gasteiger charge is -2.20. The zero-order chi connectivity index (χ0) is 16.2. The molecule has 1 rings (SSSR count). The number of methoxy groups -OCH3 is 1. The molecule has 0 aliphatic heterocycles. The van der Waals surface area contributed by atoms with Crippen LogP contribution in [-0.2, 0) is 14.3 Å². The first kappa shape index (κ1) is 16.8. The number of carbonyl (C=O) groups excluding carboxylic acids is 2. The van der Waals surface area contributed by atoms with Gasteiger partial charge in [0.1, 0.15) is 17.4 Å². The third-order valence-corrected chi connectivity index (χ3v) is 2.47. The van der Waals surface area contributed by atoms with Crippen LogP contribution in [0.15, 0.2) is 18.2 Å². The van der Waals surface area contributed by atoms with Crippen molar-refractivity contribution in [2.24, 2.45) is 5.73 Å². The van der Waals surface area contributed by atoms with Crippen LogP contribution in [0.2, 0.25) is 0 Å². The zero-order valence-electron chi connectivity index (χ0n) is 12.5. The SMILES string of the molecule is COC(=O)C(N)c1ccc(O)c(NC(=O)OC(C)(C)C)c1. The van der Waals surface area contributed by atoms with Crippen molar-refractivity contribution >= 4 is 17.7 Å². The molecule has 1 unspecified atom stereocenters. The Hall–Kier alpha value is -2.28. The van der Waals surface area contributed by atoms with Crippen LogP contribution in [0.1, 0.15) is 32.4 Å². The Kier molecular flexibility index (Phi) is 5.15. The molecule has 0 aliphatic rings. The number of nitrogens with one attached hydrogen (secondary N) is 1. The second-order valence-electron chi connectivity index (χ2n) is 5.40. The number of nitrogens with two attached hydrogens (primary N) is 1. The maximum absolute atomic E-state index is 11.7. The van der Waals surface area contributed by atoms with Crippen LogP contribution < -0.4 is 11.1 Å². The van der Waals surface area contributed by atoms with Crippen molar-refractivity contribution < 1.29 is 24.2 Å². The summed E-state index contributed by atoms with van der Waals surface area (Å²) in [7, 11) is 1.22. The highest BCUT2D eigenvalue weighted by molar-refractivity contribution is 5.87. The van der Waals surface area contributed by atoms with Crippen molar-refractivity contribution in [3.63, 3.8) is 0 Å². The van der Waals surface area contributed by atoms with Crippen LogP contribution in [0.5, 0.6) is 5.75 Å². The van der Waals surface area contributed by atoms with Gasteiger partial charge in [0.15, 0.2) is 0 Å². The number of benzene rings is 1. The summed E-state index contributed by atoms with van der Waals surface area (Å²) in [5.41, 5.74) is 5.53. The van der Waals surface area contributed by atoms with E-state index in [0.29, 0.717) is 5.56 Å². The lowest BCUT2D eigenvalue weighted by atomic mass is 10.1. The fourth-order valence-electron chi connectivity index (χ4n) is 1.52. The summed E-state index contributed by atoms with van der Waals surface area (Å²) in [6.07, 6.45) is -0.721. The molecule has 0 aliphatic carbocycles. The van der Waals surface area contributed by atoms with Gasteiger partial charge in [-0.25, -0.2) is 4.79 Å². The minimum absolute atomic E-state index is 0.0982. The van der Waals surface area contributed by atoms with E-state index in [1.165, 1.54) is 25.3 Å². The molecule has 1 aromatic carbocycles. The van der Waals surface area contributed by atoms with Gasteiger partial charge in [-0.15, -0.1) is 0 Å². The fraction of sp³-hybridized carbons (Fsp3) is 0.429. The lowest BCUT2D eigenvalue weighted by Crippen LogP contribution is -2.27. The van der Waals surface area contributed by atoms with Crippen LogP contribution in [0.3, 0.4) is 0 Å². The summed E-state index contributed by atoms with van der Waals surface area (Å²) < 4.78 is 9.63. The highest BCUT2D eigenvalue weighted by Crippen LogP contribution is 2.27. The van der Waals surface area contributed by atoms with Gasteiger partial charge in [-0.1, -0.05) is 6.07 Å². The standard InChI is InChI=1S/C14H20N2O5/c1-14(2,3)21-13(19)16-9-7-8(5-6-10(9)17)11(15)12(18)20-4/h5-7,11,17H,15H2,1-4H3,(H,16,19). The van der Waals surface area contributed by atoms with Crippen molar-refractivity contribution in [1.82, 2.24) is 0 Å². The maximum atomic E-state index is 11.7. The van der Waals surface area contributed by atoms with Gasteiger partial charge < -0.3 is 20.3 Å². The van der Waals surface area contributed by atoms with Crippen molar-refractivity contribution in [3.8, 4) is 5.75 Å². The Labute approximate surface area is 123 Å². The molecule has 0 radical (unpaired) electrons. The van der Waals surface area contributed by atoms with Crippen molar-refractivity contribution in [3.05, 3.63) is 23.8 Å². The average Bonchev–Trinajstić information content (AvgIpc) is 2.37. The first-order valence-corrected chi connectivity index (χ1v) is 6.30. The normalized spacial score (nSPS) is 12.4. The summed E-state index contributed by atoms with van der Waals surface area (Å²) in [4.78, 5) is 23.1. The Morgan fingerprint density at radius 3 is 2.48 bits per heavy atom. The molecular formula is C14H20N2O5. The fourth-order valence-corrected chi connectivity index (χ4v) is 1.52. The predicted molar refractivity (Wildman–Crippen MR) is 76.9 cm³/mol. The quantitative estimate of drug-likeness (QED) is 0.580. The number of hydrogen-bond acceptors (Lipinski definition) is 6. The molecule has 116 valence electrons. The van der Waals surface area contributed by atoms with Crippen molar-refractivity contribution in [1.29, 1.82) is 0 Å². The summed E-state index contributed by atoms with van der Waals surface area (Å²) in [5, 5.41) is 12.1. The van der Waals surface area contributed by atoms with Gasteiger partial charge in [-0.2, -0.15) is 0 Å². The third kappa shape index (κ3) is 4.96. The number of anilines is 1. The Balaban J connectivity index is 2.93.